The van der Waals surface area contributed by atoms with Gasteiger partial charge in [-0.25, -0.2) is 4.98 Å². The third-order valence-electron chi connectivity index (χ3n) is 3.51. The molecule has 2 aromatic carbocycles. The summed E-state index contributed by atoms with van der Waals surface area (Å²) in [5, 5.41) is 17.9. The van der Waals surface area contributed by atoms with E-state index in [-0.39, 0.29) is 6.42 Å². The first-order chi connectivity index (χ1) is 11.0. The summed E-state index contributed by atoms with van der Waals surface area (Å²) in [4.78, 5) is 26.3. The van der Waals surface area contributed by atoms with Crippen LogP contribution >= 0.6 is 0 Å². The normalized spacial score (nSPS) is 11.0. The van der Waals surface area contributed by atoms with Crippen LogP contribution in [0.3, 0.4) is 0 Å². The van der Waals surface area contributed by atoms with Crippen LogP contribution in [0, 0.1) is 5.92 Å². The average molecular weight is 311 g/mol. The van der Waals surface area contributed by atoms with Crippen LogP contribution in [0.1, 0.15) is 5.56 Å². The van der Waals surface area contributed by atoms with E-state index in [1.807, 2.05) is 30.3 Å². The van der Waals surface area contributed by atoms with Gasteiger partial charge in [-0.15, -0.1) is 0 Å². The van der Waals surface area contributed by atoms with Gasteiger partial charge in [0.15, 0.2) is 11.5 Å². The summed E-state index contributed by atoms with van der Waals surface area (Å²) in [6.45, 7) is 0. The number of rotatable bonds is 5. The topological polar surface area (TPSA) is 101 Å². The number of aliphatic carboxylic acids is 2. The number of fused-ring (bicyclic) bond motifs is 1. The third kappa shape index (κ3) is 3.06. The van der Waals surface area contributed by atoms with Crippen LogP contribution in [0.2, 0.25) is 0 Å². The Bertz CT molecular complexity index is 855. The highest BCUT2D eigenvalue weighted by Gasteiger charge is 2.26. The lowest BCUT2D eigenvalue weighted by atomic mass is 9.99. The summed E-state index contributed by atoms with van der Waals surface area (Å²) in [6, 6.07) is 14.4. The molecule has 0 radical (unpaired) electrons. The molecule has 0 saturated heterocycles. The molecule has 6 heteroatoms. The van der Waals surface area contributed by atoms with Crippen molar-refractivity contribution < 1.29 is 24.2 Å². The number of hydrogen-bond acceptors (Lipinski definition) is 4. The zero-order valence-electron chi connectivity index (χ0n) is 12.0. The number of carboxylic acid groups (broad SMARTS) is 2. The molecule has 0 unspecified atom stereocenters. The summed E-state index contributed by atoms with van der Waals surface area (Å²) < 4.78 is 5.69. The number of aromatic nitrogens is 1. The van der Waals surface area contributed by atoms with Crippen molar-refractivity contribution in [3.63, 3.8) is 0 Å². The number of nitrogens with zero attached hydrogens (tertiary/aromatic N) is 1. The van der Waals surface area contributed by atoms with Crippen molar-refractivity contribution in [2.24, 2.45) is 5.92 Å². The lowest BCUT2D eigenvalue weighted by Crippen LogP contribution is -2.25. The average Bonchev–Trinajstić information content (AvgIpc) is 2.96. The molecule has 6 nitrogen and oxygen atoms in total. The highest BCUT2D eigenvalue weighted by molar-refractivity contribution is 5.93. The van der Waals surface area contributed by atoms with Gasteiger partial charge < -0.3 is 14.6 Å². The summed E-state index contributed by atoms with van der Waals surface area (Å²) in [7, 11) is 0. The Morgan fingerprint density at radius 2 is 1.74 bits per heavy atom. The maximum absolute atomic E-state index is 11.0. The molecular weight excluding hydrogens is 298 g/mol. The molecule has 0 saturated carbocycles. The number of carboxylic acids is 2. The molecule has 0 atom stereocenters. The van der Waals surface area contributed by atoms with Crippen LogP contribution in [0.15, 0.2) is 52.9 Å². The summed E-state index contributed by atoms with van der Waals surface area (Å²) >= 11 is 0. The molecular formula is C17H13NO5. The minimum absolute atomic E-state index is 0.109. The fourth-order valence-corrected chi connectivity index (χ4v) is 2.32. The van der Waals surface area contributed by atoms with E-state index in [1.54, 1.807) is 18.2 Å². The van der Waals surface area contributed by atoms with E-state index in [4.69, 9.17) is 14.6 Å². The van der Waals surface area contributed by atoms with Crippen LogP contribution in [0.4, 0.5) is 0 Å². The summed E-state index contributed by atoms with van der Waals surface area (Å²) in [5.41, 5.74) is 2.54. The molecule has 1 aromatic heterocycles. The Kier molecular flexibility index (Phi) is 3.80. The van der Waals surface area contributed by atoms with Crippen molar-refractivity contribution in [1.82, 2.24) is 4.98 Å². The van der Waals surface area contributed by atoms with Crippen molar-refractivity contribution in [2.75, 3.05) is 0 Å². The Labute approximate surface area is 131 Å². The van der Waals surface area contributed by atoms with E-state index < -0.39 is 17.9 Å². The van der Waals surface area contributed by atoms with Gasteiger partial charge in [-0.1, -0.05) is 24.3 Å². The van der Waals surface area contributed by atoms with E-state index in [0.29, 0.717) is 22.6 Å². The Balaban J connectivity index is 1.93. The molecule has 0 fully saturated rings. The quantitative estimate of drug-likeness (QED) is 0.703. The fraction of sp³-hybridized carbons (Fsp3) is 0.118. The van der Waals surface area contributed by atoms with Gasteiger partial charge in [0.25, 0.3) is 0 Å². The second-order valence-electron chi connectivity index (χ2n) is 5.12. The fourth-order valence-electron chi connectivity index (χ4n) is 2.32. The Morgan fingerprint density at radius 3 is 2.39 bits per heavy atom. The van der Waals surface area contributed by atoms with E-state index in [2.05, 4.69) is 4.98 Å². The third-order valence-corrected chi connectivity index (χ3v) is 3.51. The van der Waals surface area contributed by atoms with Crippen molar-refractivity contribution in [3.05, 3.63) is 54.1 Å². The number of hydrogen-bond donors (Lipinski definition) is 2. The molecule has 0 aliphatic rings. The Hall–Kier alpha value is -3.15. The van der Waals surface area contributed by atoms with Gasteiger partial charge in [0.05, 0.1) is 0 Å². The zero-order valence-corrected chi connectivity index (χ0v) is 12.0. The minimum atomic E-state index is -1.48. The SMILES string of the molecule is O=C(O)C(Cc1ccc2nc(-c3ccccc3)oc2c1)C(=O)O. The standard InChI is InChI=1S/C17H13NO5/c19-16(20)12(17(21)22)8-10-6-7-13-14(9-10)23-15(18-13)11-4-2-1-3-5-11/h1-7,9,12H,8H2,(H,19,20)(H,21,22). The molecule has 0 aliphatic heterocycles. The van der Waals surface area contributed by atoms with Crippen molar-refractivity contribution in [2.45, 2.75) is 6.42 Å². The van der Waals surface area contributed by atoms with E-state index in [1.165, 1.54) is 0 Å². The smallest absolute Gasteiger partial charge is 0.318 e. The van der Waals surface area contributed by atoms with Gasteiger partial charge in [-0.05, 0) is 36.2 Å². The largest absolute Gasteiger partial charge is 0.481 e. The van der Waals surface area contributed by atoms with E-state index in [9.17, 15) is 9.59 Å². The zero-order chi connectivity index (χ0) is 16.4. The van der Waals surface area contributed by atoms with Crippen LogP contribution in [0.25, 0.3) is 22.6 Å². The van der Waals surface area contributed by atoms with Crippen molar-refractivity contribution >= 4 is 23.0 Å². The first kappa shape index (κ1) is 14.8. The minimum Gasteiger partial charge on any atom is -0.481 e. The van der Waals surface area contributed by atoms with Crippen LogP contribution in [-0.2, 0) is 16.0 Å². The van der Waals surface area contributed by atoms with Gasteiger partial charge in [-0.3, -0.25) is 9.59 Å². The molecule has 2 N–H and O–H groups in total. The molecule has 3 rings (SSSR count). The lowest BCUT2D eigenvalue weighted by molar-refractivity contribution is -0.154. The first-order valence-corrected chi connectivity index (χ1v) is 6.95. The van der Waals surface area contributed by atoms with E-state index in [0.717, 1.165) is 5.56 Å². The molecule has 0 spiro atoms. The van der Waals surface area contributed by atoms with Crippen LogP contribution in [0.5, 0.6) is 0 Å². The van der Waals surface area contributed by atoms with Crippen LogP contribution < -0.4 is 0 Å². The van der Waals surface area contributed by atoms with Crippen LogP contribution in [-0.4, -0.2) is 27.1 Å². The van der Waals surface area contributed by atoms with E-state index >= 15 is 0 Å². The molecule has 0 amide bonds. The van der Waals surface area contributed by atoms with Gasteiger partial charge >= 0.3 is 11.9 Å². The number of oxazole rings is 1. The lowest BCUT2D eigenvalue weighted by Gasteiger charge is -2.06. The van der Waals surface area contributed by atoms with Gasteiger partial charge in [0.1, 0.15) is 5.52 Å². The second-order valence-corrected chi connectivity index (χ2v) is 5.12. The second kappa shape index (κ2) is 5.92. The first-order valence-electron chi connectivity index (χ1n) is 6.95. The van der Waals surface area contributed by atoms with Crippen molar-refractivity contribution in [1.29, 1.82) is 0 Å². The van der Waals surface area contributed by atoms with Gasteiger partial charge in [0, 0.05) is 5.56 Å². The molecule has 0 bridgehead atoms. The molecule has 1 heterocycles. The Morgan fingerprint density at radius 1 is 1.04 bits per heavy atom. The monoisotopic (exact) mass is 311 g/mol. The molecule has 23 heavy (non-hydrogen) atoms. The van der Waals surface area contributed by atoms with Gasteiger partial charge in [-0.2, -0.15) is 0 Å². The highest BCUT2D eigenvalue weighted by atomic mass is 16.4. The molecule has 0 aliphatic carbocycles. The predicted molar refractivity (Wildman–Crippen MR) is 81.9 cm³/mol. The van der Waals surface area contributed by atoms with Gasteiger partial charge in [0.2, 0.25) is 5.89 Å². The molecule has 3 aromatic rings. The maximum atomic E-state index is 11.0. The molecule has 116 valence electrons. The number of benzene rings is 2. The number of carbonyl (C=O) groups is 2. The maximum Gasteiger partial charge on any atom is 0.318 e. The summed E-state index contributed by atoms with van der Waals surface area (Å²) in [5.74, 6) is -3.74. The predicted octanol–water partition coefficient (Wildman–Crippen LogP) is 2.82. The highest BCUT2D eigenvalue weighted by Crippen LogP contribution is 2.25. The summed E-state index contributed by atoms with van der Waals surface area (Å²) in [6.07, 6.45) is -0.109. The van der Waals surface area contributed by atoms with Crippen molar-refractivity contribution in [3.8, 4) is 11.5 Å².